The van der Waals surface area contributed by atoms with Crippen LogP contribution >= 0.6 is 0 Å². The zero-order chi connectivity index (χ0) is 22.1. The summed E-state index contributed by atoms with van der Waals surface area (Å²) >= 11 is 0. The fraction of sp³-hybridized carbons (Fsp3) is 0.261. The third-order valence-corrected chi connectivity index (χ3v) is 4.33. The second-order valence-corrected chi connectivity index (χ2v) is 5.96. The molecule has 0 fully saturated rings. The summed E-state index contributed by atoms with van der Waals surface area (Å²) in [5, 5.41) is 0. The molecule has 160 valence electrons. The van der Waals surface area contributed by atoms with E-state index in [0.717, 1.165) is 0 Å². The number of carbonyl (C=O) groups excluding carboxylic acids is 1. The van der Waals surface area contributed by atoms with E-state index in [-0.39, 0.29) is 5.78 Å². The maximum atomic E-state index is 12.4. The SMILES string of the molecule is COc1cc(OC)c(/C=C/C(=O)/C=C/c2c(OC)cc(OC)cc2OC)c(OC)c1. The predicted octanol–water partition coefficient (Wildman–Crippen LogP) is 4.03. The monoisotopic (exact) mass is 414 g/mol. The molecular weight excluding hydrogens is 388 g/mol. The fourth-order valence-corrected chi connectivity index (χ4v) is 2.78. The van der Waals surface area contributed by atoms with Crippen molar-refractivity contribution in [1.29, 1.82) is 0 Å². The highest BCUT2D eigenvalue weighted by atomic mass is 16.5. The van der Waals surface area contributed by atoms with E-state index in [1.165, 1.54) is 40.6 Å². The summed E-state index contributed by atoms with van der Waals surface area (Å²) in [6.07, 6.45) is 6.11. The number of benzene rings is 2. The first-order chi connectivity index (χ1) is 14.5. The van der Waals surface area contributed by atoms with Gasteiger partial charge in [0.25, 0.3) is 0 Å². The lowest BCUT2D eigenvalue weighted by Crippen LogP contribution is -1.96. The minimum absolute atomic E-state index is 0.241. The van der Waals surface area contributed by atoms with Gasteiger partial charge in [-0.25, -0.2) is 0 Å². The van der Waals surface area contributed by atoms with Crippen LogP contribution in [0.15, 0.2) is 36.4 Å². The first-order valence-electron chi connectivity index (χ1n) is 9.01. The van der Waals surface area contributed by atoms with Crippen LogP contribution < -0.4 is 28.4 Å². The van der Waals surface area contributed by atoms with Gasteiger partial charge in [0.15, 0.2) is 5.78 Å². The molecule has 2 aromatic rings. The molecule has 7 nitrogen and oxygen atoms in total. The number of ether oxygens (including phenoxy) is 6. The maximum absolute atomic E-state index is 12.4. The third kappa shape index (κ3) is 5.26. The Kier molecular flexibility index (Phi) is 8.17. The molecule has 0 aliphatic carbocycles. The van der Waals surface area contributed by atoms with E-state index in [1.54, 1.807) is 50.6 Å². The number of ketones is 1. The molecule has 0 heterocycles. The van der Waals surface area contributed by atoms with E-state index >= 15 is 0 Å². The van der Waals surface area contributed by atoms with Gasteiger partial charge in [0.1, 0.15) is 34.5 Å². The molecule has 0 aromatic heterocycles. The third-order valence-electron chi connectivity index (χ3n) is 4.33. The number of rotatable bonds is 10. The Labute approximate surface area is 176 Å². The van der Waals surface area contributed by atoms with Gasteiger partial charge in [0, 0.05) is 24.3 Å². The van der Waals surface area contributed by atoms with E-state index in [1.807, 2.05) is 0 Å². The molecule has 0 aliphatic heterocycles. The van der Waals surface area contributed by atoms with Crippen molar-refractivity contribution in [3.05, 3.63) is 47.5 Å². The normalized spacial score (nSPS) is 10.9. The largest absolute Gasteiger partial charge is 0.496 e. The zero-order valence-corrected chi connectivity index (χ0v) is 18.0. The number of allylic oxidation sites excluding steroid dienone is 2. The van der Waals surface area contributed by atoms with Crippen molar-refractivity contribution >= 4 is 17.9 Å². The van der Waals surface area contributed by atoms with E-state index in [0.29, 0.717) is 45.6 Å². The summed E-state index contributed by atoms with van der Waals surface area (Å²) in [5.41, 5.74) is 1.25. The van der Waals surface area contributed by atoms with Crippen LogP contribution in [0, 0.1) is 0 Å². The average molecular weight is 414 g/mol. The van der Waals surface area contributed by atoms with Crippen molar-refractivity contribution in [2.75, 3.05) is 42.7 Å². The van der Waals surface area contributed by atoms with Crippen LogP contribution in [-0.4, -0.2) is 48.4 Å². The highest BCUT2D eigenvalue weighted by Gasteiger charge is 2.12. The van der Waals surface area contributed by atoms with E-state index in [4.69, 9.17) is 28.4 Å². The topological polar surface area (TPSA) is 72.5 Å². The van der Waals surface area contributed by atoms with E-state index < -0.39 is 0 Å². The fourth-order valence-electron chi connectivity index (χ4n) is 2.78. The standard InChI is InChI=1S/C23H26O7/c1-25-16-11-20(27-3)18(21(12-16)28-4)9-7-15(24)8-10-19-22(29-5)13-17(26-2)14-23(19)30-6/h7-14H,1-6H3/b9-7+,10-8+. The summed E-state index contributed by atoms with van der Waals surface area (Å²) < 4.78 is 32.0. The molecule has 0 radical (unpaired) electrons. The molecule has 0 saturated carbocycles. The van der Waals surface area contributed by atoms with Crippen LogP contribution in [0.3, 0.4) is 0 Å². The molecule has 0 atom stereocenters. The second-order valence-electron chi connectivity index (χ2n) is 5.96. The predicted molar refractivity (Wildman–Crippen MR) is 115 cm³/mol. The van der Waals surface area contributed by atoms with Gasteiger partial charge in [0.05, 0.1) is 53.8 Å². The molecule has 2 aromatic carbocycles. The van der Waals surface area contributed by atoms with Crippen molar-refractivity contribution < 1.29 is 33.2 Å². The van der Waals surface area contributed by atoms with Crippen LogP contribution in [0.5, 0.6) is 34.5 Å². The molecule has 7 heteroatoms. The van der Waals surface area contributed by atoms with Crippen LogP contribution in [-0.2, 0) is 4.79 Å². The van der Waals surface area contributed by atoms with Crippen molar-refractivity contribution in [1.82, 2.24) is 0 Å². The minimum atomic E-state index is -0.241. The lowest BCUT2D eigenvalue weighted by Gasteiger charge is -2.12. The smallest absolute Gasteiger partial charge is 0.178 e. The Morgan fingerprint density at radius 3 is 1.10 bits per heavy atom. The lowest BCUT2D eigenvalue weighted by atomic mass is 10.1. The van der Waals surface area contributed by atoms with Crippen LogP contribution in [0.25, 0.3) is 12.2 Å². The van der Waals surface area contributed by atoms with Crippen LogP contribution in [0.1, 0.15) is 11.1 Å². The van der Waals surface area contributed by atoms with Gasteiger partial charge in [-0.1, -0.05) is 0 Å². The van der Waals surface area contributed by atoms with E-state index in [9.17, 15) is 4.79 Å². The van der Waals surface area contributed by atoms with Crippen molar-refractivity contribution in [3.63, 3.8) is 0 Å². The Bertz CT molecular complexity index is 819. The second kappa shape index (κ2) is 10.8. The number of carbonyl (C=O) groups is 1. The van der Waals surface area contributed by atoms with Gasteiger partial charge in [-0.05, 0) is 24.3 Å². The number of hydrogen-bond acceptors (Lipinski definition) is 7. The molecule has 0 unspecified atom stereocenters. The summed E-state index contributed by atoms with van der Waals surface area (Å²) in [4.78, 5) is 12.4. The van der Waals surface area contributed by atoms with E-state index in [2.05, 4.69) is 0 Å². The molecule has 30 heavy (non-hydrogen) atoms. The summed E-state index contributed by atoms with van der Waals surface area (Å²) in [7, 11) is 9.26. The Balaban J connectivity index is 2.32. The maximum Gasteiger partial charge on any atom is 0.178 e. The molecular formula is C23H26O7. The summed E-state index contributed by atoms with van der Waals surface area (Å²) in [6, 6.07) is 6.87. The minimum Gasteiger partial charge on any atom is -0.496 e. The molecule has 0 bridgehead atoms. The molecule has 0 saturated heterocycles. The van der Waals surface area contributed by atoms with Gasteiger partial charge in [-0.15, -0.1) is 0 Å². The highest BCUT2D eigenvalue weighted by molar-refractivity contribution is 6.05. The van der Waals surface area contributed by atoms with Gasteiger partial charge >= 0.3 is 0 Å². The first-order valence-corrected chi connectivity index (χ1v) is 9.01. The molecule has 0 aliphatic rings. The van der Waals surface area contributed by atoms with Crippen molar-refractivity contribution in [3.8, 4) is 34.5 Å². The van der Waals surface area contributed by atoms with Crippen LogP contribution in [0.2, 0.25) is 0 Å². The molecule has 0 N–H and O–H groups in total. The Morgan fingerprint density at radius 2 is 0.867 bits per heavy atom. The van der Waals surface area contributed by atoms with Gasteiger partial charge in [-0.2, -0.15) is 0 Å². The Morgan fingerprint density at radius 1 is 0.567 bits per heavy atom. The lowest BCUT2D eigenvalue weighted by molar-refractivity contribution is -0.110. The summed E-state index contributed by atoms with van der Waals surface area (Å²) in [5.74, 6) is 3.04. The van der Waals surface area contributed by atoms with Crippen molar-refractivity contribution in [2.24, 2.45) is 0 Å². The van der Waals surface area contributed by atoms with Gasteiger partial charge in [-0.3, -0.25) is 4.79 Å². The average Bonchev–Trinajstić information content (AvgIpc) is 2.79. The highest BCUT2D eigenvalue weighted by Crippen LogP contribution is 2.36. The zero-order valence-electron chi connectivity index (χ0n) is 18.0. The Hall–Kier alpha value is -3.61. The molecule has 2 rings (SSSR count). The molecule has 0 spiro atoms. The van der Waals surface area contributed by atoms with Gasteiger partial charge in [0.2, 0.25) is 0 Å². The quantitative estimate of drug-likeness (QED) is 0.544. The van der Waals surface area contributed by atoms with Gasteiger partial charge < -0.3 is 28.4 Å². The number of hydrogen-bond donors (Lipinski definition) is 0. The first kappa shape index (κ1) is 22.7. The molecule has 0 amide bonds. The number of methoxy groups -OCH3 is 6. The summed E-state index contributed by atoms with van der Waals surface area (Å²) in [6.45, 7) is 0. The van der Waals surface area contributed by atoms with Crippen LogP contribution in [0.4, 0.5) is 0 Å². The van der Waals surface area contributed by atoms with Crippen molar-refractivity contribution in [2.45, 2.75) is 0 Å².